The van der Waals surface area contributed by atoms with Crippen LogP contribution in [0.15, 0.2) is 23.0 Å². The molecule has 0 heterocycles. The van der Waals surface area contributed by atoms with Crippen molar-refractivity contribution < 1.29 is 48.0 Å². The fourth-order valence-corrected chi connectivity index (χ4v) is 7.26. The molecule has 9 nitrogen and oxygen atoms in total. The lowest BCUT2D eigenvalue weighted by molar-refractivity contribution is -0.155. The highest BCUT2D eigenvalue weighted by atomic mass is 19.4. The molecule has 4 rings (SSSR count). The number of carbonyl (C=O) groups excluding carboxylic acids is 3. The van der Waals surface area contributed by atoms with Crippen molar-refractivity contribution in [2.45, 2.75) is 65.2 Å². The summed E-state index contributed by atoms with van der Waals surface area (Å²) in [7, 11) is 3.46. The van der Waals surface area contributed by atoms with E-state index in [4.69, 9.17) is 5.73 Å². The molecule has 6 N–H and O–H groups in total. The number of nitrogens with zero attached hydrogens (tertiary/aromatic N) is 1. The molecule has 3 aliphatic carbocycles. The van der Waals surface area contributed by atoms with Gasteiger partial charge in [-0.2, -0.15) is 13.2 Å². The van der Waals surface area contributed by atoms with E-state index in [9.17, 15) is 48.0 Å². The van der Waals surface area contributed by atoms with E-state index in [0.29, 0.717) is 11.3 Å². The molecule has 43 heavy (non-hydrogen) atoms. The largest absolute Gasteiger partial charge is 0.508 e. The van der Waals surface area contributed by atoms with Gasteiger partial charge in [0.25, 0.3) is 5.91 Å². The van der Waals surface area contributed by atoms with Crippen LogP contribution in [-0.4, -0.2) is 63.8 Å². The van der Waals surface area contributed by atoms with E-state index in [0.717, 1.165) is 0 Å². The van der Waals surface area contributed by atoms with E-state index in [1.807, 2.05) is 0 Å². The normalized spacial score (nSPS) is 27.1. The minimum atomic E-state index is -4.36. The number of nitrogens with two attached hydrogens (primary N) is 1. The van der Waals surface area contributed by atoms with Crippen molar-refractivity contribution in [1.82, 2.24) is 0 Å². The van der Waals surface area contributed by atoms with Crippen LogP contribution in [0.5, 0.6) is 5.75 Å². The van der Waals surface area contributed by atoms with E-state index in [2.05, 4.69) is 0 Å². The third kappa shape index (κ3) is 5.17. The number of halogens is 3. The highest BCUT2D eigenvalue weighted by Crippen LogP contribution is 2.56. The van der Waals surface area contributed by atoms with Crippen LogP contribution in [0, 0.1) is 35.5 Å². The van der Waals surface area contributed by atoms with Crippen LogP contribution in [-0.2, 0) is 27.2 Å². The predicted octanol–water partition coefficient (Wildman–Crippen LogP) is 4.14. The van der Waals surface area contributed by atoms with Gasteiger partial charge in [0.1, 0.15) is 22.8 Å². The number of primary amides is 1. The SMILES string of the molecule is CC(Cc1cc(N(C)C)c2c(c1O)C(O)=C1C(=O)[C@]3(O)C(O)=C(C(N)=O)C(=O)[C@@H](C(C)C)[C@@H]3C[C@@H]1C2)C(C)CC(F)(F)F. The van der Waals surface area contributed by atoms with Crippen LogP contribution < -0.4 is 10.6 Å². The summed E-state index contributed by atoms with van der Waals surface area (Å²) in [5.41, 5.74) is 2.79. The standard InChI is InChI=1S/C31H39F3N2O7/c1-12(2)20-18-9-15-8-17-19(36(5)6)10-16(7-13(3)14(4)11-30(32,33)34)24(37)22(17)26(39)21(15)27(40)31(18,43)28(41)23(25(20)38)29(35)42/h10,12-15,18,20,37,39,41,43H,7-9,11H2,1-6H3,(H2,35,42)/t13?,14?,15-,18-,20-,31-/m0/s1. The lowest BCUT2D eigenvalue weighted by atomic mass is 9.54. The zero-order valence-electron chi connectivity index (χ0n) is 25.0. The number of alkyl halides is 3. The van der Waals surface area contributed by atoms with Gasteiger partial charge in [-0.1, -0.05) is 27.7 Å². The average molecular weight is 609 g/mol. The number of phenolic OH excluding ortho intramolecular Hbond substituents is 1. The Bertz CT molecular complexity index is 1450. The number of fused-ring (bicyclic) bond motifs is 3. The van der Waals surface area contributed by atoms with Crippen molar-refractivity contribution in [2.24, 2.45) is 41.2 Å². The van der Waals surface area contributed by atoms with E-state index >= 15 is 0 Å². The molecule has 1 aromatic carbocycles. The lowest BCUT2D eigenvalue weighted by Crippen LogP contribution is -2.62. The van der Waals surface area contributed by atoms with Crippen molar-refractivity contribution in [2.75, 3.05) is 19.0 Å². The third-order valence-corrected chi connectivity index (χ3v) is 9.57. The first-order valence-corrected chi connectivity index (χ1v) is 14.3. The monoisotopic (exact) mass is 608 g/mol. The maximum absolute atomic E-state index is 14.1. The van der Waals surface area contributed by atoms with Crippen LogP contribution in [0.2, 0.25) is 0 Å². The van der Waals surface area contributed by atoms with Crippen LogP contribution in [0.4, 0.5) is 18.9 Å². The van der Waals surface area contributed by atoms with Crippen molar-refractivity contribution in [3.05, 3.63) is 39.7 Å². The van der Waals surface area contributed by atoms with Crippen LogP contribution in [0.25, 0.3) is 5.76 Å². The molecular formula is C31H39F3N2O7. The number of benzene rings is 1. The molecule has 0 aliphatic heterocycles. The molecule has 0 saturated heterocycles. The number of hydrogen-bond donors (Lipinski definition) is 5. The minimum Gasteiger partial charge on any atom is -0.508 e. The molecule has 1 fully saturated rings. The minimum absolute atomic E-state index is 0.00681. The van der Waals surface area contributed by atoms with E-state index in [-0.39, 0.29) is 36.0 Å². The number of ketones is 2. The summed E-state index contributed by atoms with van der Waals surface area (Å²) in [6.45, 7) is 6.49. The molecule has 0 radical (unpaired) electrons. The summed E-state index contributed by atoms with van der Waals surface area (Å²) < 4.78 is 39.1. The molecule has 0 aromatic heterocycles. The van der Waals surface area contributed by atoms with Gasteiger partial charge in [-0.15, -0.1) is 0 Å². The number of hydrogen-bond acceptors (Lipinski definition) is 8. The zero-order valence-corrected chi connectivity index (χ0v) is 25.0. The second-order valence-corrected chi connectivity index (χ2v) is 13.0. The summed E-state index contributed by atoms with van der Waals surface area (Å²) >= 11 is 0. The number of phenols is 1. The number of aliphatic hydroxyl groups is 3. The average Bonchev–Trinajstić information content (AvgIpc) is 2.86. The summed E-state index contributed by atoms with van der Waals surface area (Å²) in [4.78, 5) is 41.3. The van der Waals surface area contributed by atoms with Gasteiger partial charge in [-0.3, -0.25) is 14.4 Å². The molecule has 236 valence electrons. The maximum Gasteiger partial charge on any atom is 0.389 e. The molecule has 3 aliphatic rings. The number of rotatable bonds is 7. The molecule has 1 saturated carbocycles. The molecule has 12 heteroatoms. The Morgan fingerprint density at radius 3 is 2.23 bits per heavy atom. The third-order valence-electron chi connectivity index (χ3n) is 9.57. The molecule has 6 atom stereocenters. The van der Waals surface area contributed by atoms with Gasteiger partial charge in [0.2, 0.25) is 5.78 Å². The number of aliphatic hydroxyl groups excluding tert-OH is 2. The quantitative estimate of drug-likeness (QED) is 0.289. The summed E-state index contributed by atoms with van der Waals surface area (Å²) in [5.74, 6) is -9.92. The van der Waals surface area contributed by atoms with E-state index in [1.54, 1.807) is 45.8 Å². The smallest absolute Gasteiger partial charge is 0.389 e. The highest BCUT2D eigenvalue weighted by molar-refractivity contribution is 6.23. The molecular weight excluding hydrogens is 569 g/mol. The number of Topliss-reactive ketones (excluding diaryl/α,β-unsaturated/α-hetero) is 2. The molecule has 1 aromatic rings. The Kier molecular flexibility index (Phi) is 8.18. The Morgan fingerprint density at radius 1 is 1.12 bits per heavy atom. The van der Waals surface area contributed by atoms with Gasteiger partial charge in [0, 0.05) is 43.6 Å². The topological polar surface area (TPSA) is 161 Å². The number of amides is 1. The second kappa shape index (κ2) is 10.9. The van der Waals surface area contributed by atoms with Gasteiger partial charge in [-0.05, 0) is 60.1 Å². The van der Waals surface area contributed by atoms with Crippen molar-refractivity contribution in [3.63, 3.8) is 0 Å². The first-order valence-electron chi connectivity index (χ1n) is 14.3. The fraction of sp³-hybridized carbons (Fsp3) is 0.581. The summed E-state index contributed by atoms with van der Waals surface area (Å²) in [6.07, 6.45) is -5.19. The number of carbonyl (C=O) groups is 3. The fourth-order valence-electron chi connectivity index (χ4n) is 7.26. The van der Waals surface area contributed by atoms with Crippen LogP contribution in [0.3, 0.4) is 0 Å². The zero-order chi connectivity index (χ0) is 32.5. The van der Waals surface area contributed by atoms with Gasteiger partial charge in [0.15, 0.2) is 11.4 Å². The molecule has 1 amide bonds. The van der Waals surface area contributed by atoms with E-state index < -0.39 is 94.0 Å². The second-order valence-electron chi connectivity index (χ2n) is 13.0. The number of aromatic hydroxyl groups is 1. The van der Waals surface area contributed by atoms with Crippen LogP contribution >= 0.6 is 0 Å². The Balaban J connectivity index is 1.90. The molecule has 0 spiro atoms. The molecule has 2 unspecified atom stereocenters. The van der Waals surface area contributed by atoms with Gasteiger partial charge in [-0.25, -0.2) is 0 Å². The Hall–Kier alpha value is -3.54. The number of anilines is 1. The Morgan fingerprint density at radius 2 is 1.72 bits per heavy atom. The van der Waals surface area contributed by atoms with Crippen molar-refractivity contribution in [1.29, 1.82) is 0 Å². The van der Waals surface area contributed by atoms with Gasteiger partial charge >= 0.3 is 6.18 Å². The van der Waals surface area contributed by atoms with Crippen molar-refractivity contribution >= 4 is 28.9 Å². The lowest BCUT2D eigenvalue weighted by Gasteiger charge is -2.50. The summed E-state index contributed by atoms with van der Waals surface area (Å²) in [5, 5.41) is 45.8. The maximum atomic E-state index is 14.1. The van der Waals surface area contributed by atoms with Gasteiger partial charge < -0.3 is 31.1 Å². The Labute approximate surface area is 247 Å². The first kappa shape index (κ1) is 32.4. The highest BCUT2D eigenvalue weighted by Gasteiger charge is 2.64. The molecule has 0 bridgehead atoms. The predicted molar refractivity (Wildman–Crippen MR) is 152 cm³/mol. The summed E-state index contributed by atoms with van der Waals surface area (Å²) in [6, 6.07) is 1.67. The van der Waals surface area contributed by atoms with Crippen LogP contribution in [0.1, 0.15) is 57.2 Å². The van der Waals surface area contributed by atoms with E-state index in [1.165, 1.54) is 6.92 Å². The first-order chi connectivity index (χ1) is 19.7. The van der Waals surface area contributed by atoms with Gasteiger partial charge in [0.05, 0.1) is 5.56 Å². The van der Waals surface area contributed by atoms with Crippen molar-refractivity contribution in [3.8, 4) is 5.75 Å².